The highest BCUT2D eigenvalue weighted by atomic mass is 16.2. The fourth-order valence-electron chi connectivity index (χ4n) is 1.65. The topological polar surface area (TPSA) is 57.7 Å². The quantitative estimate of drug-likeness (QED) is 0.463. The second kappa shape index (κ2) is 3.30. The number of imide groups is 2. The van der Waals surface area contributed by atoms with Gasteiger partial charge in [-0.3, -0.25) is 19.4 Å². The normalized spacial score (nSPS) is 18.8. The molecule has 0 aromatic carbocycles. The largest absolute Gasteiger partial charge is 0.335 e. The van der Waals surface area contributed by atoms with Crippen molar-refractivity contribution in [3.63, 3.8) is 0 Å². The summed E-state index contributed by atoms with van der Waals surface area (Å²) in [5.41, 5.74) is -1.35. The van der Waals surface area contributed by atoms with Crippen molar-refractivity contribution < 1.29 is 14.4 Å². The van der Waals surface area contributed by atoms with Crippen LogP contribution in [-0.4, -0.2) is 38.7 Å². The van der Waals surface area contributed by atoms with Gasteiger partial charge in [0, 0.05) is 11.1 Å². The minimum atomic E-state index is -0.743. The summed E-state index contributed by atoms with van der Waals surface area (Å²) in [5.74, 6) is -1.49. The van der Waals surface area contributed by atoms with Gasteiger partial charge in [0.05, 0.1) is 0 Å². The molecule has 0 aromatic heterocycles. The van der Waals surface area contributed by atoms with Crippen LogP contribution in [0.4, 0.5) is 4.79 Å². The molecule has 0 radical (unpaired) electrons. The minimum absolute atomic E-state index is 0.532. The fourth-order valence-corrected chi connectivity index (χ4v) is 1.65. The second-order valence-corrected chi connectivity index (χ2v) is 5.91. The summed E-state index contributed by atoms with van der Waals surface area (Å²) >= 11 is 0. The van der Waals surface area contributed by atoms with E-state index in [1.165, 1.54) is 0 Å². The lowest BCUT2D eigenvalue weighted by Gasteiger charge is -2.32. The van der Waals surface area contributed by atoms with Crippen LogP contribution in [0.1, 0.15) is 41.5 Å². The van der Waals surface area contributed by atoms with Gasteiger partial charge in [-0.15, -0.1) is 0 Å². The molecule has 1 aliphatic heterocycles. The third-order valence-corrected chi connectivity index (χ3v) is 2.31. The SMILES string of the molecule is CC(C)(C)N1C(=O)C(=O)N(C(C)(C)C)C1=O. The Labute approximate surface area is 95.4 Å². The Morgan fingerprint density at radius 1 is 0.688 bits per heavy atom. The van der Waals surface area contributed by atoms with Gasteiger partial charge in [0.2, 0.25) is 0 Å². The molecule has 4 amide bonds. The maximum atomic E-state index is 12.0. The highest BCUT2D eigenvalue weighted by molar-refractivity contribution is 6.45. The van der Waals surface area contributed by atoms with Crippen LogP contribution < -0.4 is 0 Å². The zero-order valence-electron chi connectivity index (χ0n) is 10.6. The number of carbonyl (C=O) groups excluding carboxylic acids is 3. The summed E-state index contributed by atoms with van der Waals surface area (Å²) in [6.07, 6.45) is 0. The highest BCUT2D eigenvalue weighted by Gasteiger charge is 2.52. The fraction of sp³-hybridized carbons (Fsp3) is 0.727. The third-order valence-electron chi connectivity index (χ3n) is 2.31. The van der Waals surface area contributed by atoms with Crippen molar-refractivity contribution in [2.45, 2.75) is 52.6 Å². The van der Waals surface area contributed by atoms with E-state index >= 15 is 0 Å². The maximum absolute atomic E-state index is 12.0. The first-order valence-corrected chi connectivity index (χ1v) is 5.20. The summed E-state index contributed by atoms with van der Waals surface area (Å²) in [6, 6.07) is -0.532. The van der Waals surface area contributed by atoms with Crippen LogP contribution in [0.5, 0.6) is 0 Å². The van der Waals surface area contributed by atoms with Crippen LogP contribution in [0.2, 0.25) is 0 Å². The number of hydrogen-bond acceptors (Lipinski definition) is 3. The van der Waals surface area contributed by atoms with Crippen molar-refractivity contribution >= 4 is 17.8 Å². The van der Waals surface area contributed by atoms with Gasteiger partial charge in [0.1, 0.15) is 0 Å². The Morgan fingerprint density at radius 3 is 1.06 bits per heavy atom. The smallest absolute Gasteiger partial charge is 0.263 e. The molecular formula is C11H18N2O3. The van der Waals surface area contributed by atoms with E-state index in [1.54, 1.807) is 41.5 Å². The number of nitrogens with zero attached hydrogens (tertiary/aromatic N) is 2. The van der Waals surface area contributed by atoms with Crippen molar-refractivity contribution in [1.29, 1.82) is 0 Å². The van der Waals surface area contributed by atoms with Gasteiger partial charge in [0.15, 0.2) is 0 Å². The van der Waals surface area contributed by atoms with Gasteiger partial charge in [-0.2, -0.15) is 0 Å². The highest BCUT2D eigenvalue weighted by Crippen LogP contribution is 2.27. The Morgan fingerprint density at radius 2 is 0.938 bits per heavy atom. The Kier molecular flexibility index (Phi) is 2.61. The van der Waals surface area contributed by atoms with E-state index in [0.29, 0.717) is 0 Å². The molecule has 0 spiro atoms. The second-order valence-electron chi connectivity index (χ2n) is 5.91. The predicted molar refractivity (Wildman–Crippen MR) is 58.6 cm³/mol. The van der Waals surface area contributed by atoms with E-state index in [4.69, 9.17) is 0 Å². The summed E-state index contributed by atoms with van der Waals surface area (Å²) in [4.78, 5) is 37.5. The molecule has 1 fully saturated rings. The van der Waals surface area contributed by atoms with Crippen LogP contribution in [0, 0.1) is 0 Å². The number of amides is 4. The van der Waals surface area contributed by atoms with Crippen LogP contribution in [0.3, 0.4) is 0 Å². The Bertz CT molecular complexity index is 326. The first kappa shape index (κ1) is 12.7. The monoisotopic (exact) mass is 226 g/mol. The van der Waals surface area contributed by atoms with Crippen LogP contribution in [-0.2, 0) is 9.59 Å². The van der Waals surface area contributed by atoms with Crippen molar-refractivity contribution in [2.75, 3.05) is 0 Å². The van der Waals surface area contributed by atoms with E-state index in [9.17, 15) is 14.4 Å². The molecule has 1 rings (SSSR count). The molecule has 1 saturated heterocycles. The molecule has 16 heavy (non-hydrogen) atoms. The van der Waals surface area contributed by atoms with Gasteiger partial charge in [-0.1, -0.05) is 0 Å². The summed E-state index contributed by atoms with van der Waals surface area (Å²) in [6.45, 7) is 10.3. The summed E-state index contributed by atoms with van der Waals surface area (Å²) in [5, 5.41) is 0. The average Bonchev–Trinajstić information content (AvgIpc) is 2.19. The number of carbonyl (C=O) groups is 3. The molecule has 0 saturated carbocycles. The molecule has 0 N–H and O–H groups in total. The van der Waals surface area contributed by atoms with Crippen molar-refractivity contribution in [2.24, 2.45) is 0 Å². The first-order valence-electron chi connectivity index (χ1n) is 5.20. The molecule has 5 nitrogen and oxygen atoms in total. The molecular weight excluding hydrogens is 208 g/mol. The number of rotatable bonds is 0. The van der Waals surface area contributed by atoms with E-state index in [2.05, 4.69) is 0 Å². The van der Waals surface area contributed by atoms with E-state index < -0.39 is 28.9 Å². The Hall–Kier alpha value is -1.39. The van der Waals surface area contributed by atoms with Crippen molar-refractivity contribution in [3.05, 3.63) is 0 Å². The summed E-state index contributed by atoms with van der Waals surface area (Å²) < 4.78 is 0. The van der Waals surface area contributed by atoms with Crippen molar-refractivity contribution in [3.8, 4) is 0 Å². The standard InChI is InChI=1S/C11H18N2O3/c1-10(2,3)12-7(14)8(15)13(9(12)16)11(4,5)6/h1-6H3. The molecule has 5 heteroatoms. The van der Waals surface area contributed by atoms with Crippen LogP contribution in [0.15, 0.2) is 0 Å². The third kappa shape index (κ3) is 1.81. The molecule has 90 valence electrons. The van der Waals surface area contributed by atoms with Gasteiger partial charge >= 0.3 is 17.8 Å². The van der Waals surface area contributed by atoms with E-state index in [-0.39, 0.29) is 0 Å². The first-order chi connectivity index (χ1) is 6.98. The number of hydrogen-bond donors (Lipinski definition) is 0. The predicted octanol–water partition coefficient (Wildman–Crippen LogP) is 1.37. The van der Waals surface area contributed by atoms with Crippen molar-refractivity contribution in [1.82, 2.24) is 9.80 Å². The zero-order chi connectivity index (χ0) is 12.9. The van der Waals surface area contributed by atoms with Crippen LogP contribution in [0.25, 0.3) is 0 Å². The molecule has 0 aromatic rings. The van der Waals surface area contributed by atoms with E-state index in [0.717, 1.165) is 9.80 Å². The number of urea groups is 1. The van der Waals surface area contributed by atoms with E-state index in [1.807, 2.05) is 0 Å². The Balaban J connectivity index is 3.20. The molecule has 0 bridgehead atoms. The van der Waals surface area contributed by atoms with Gasteiger partial charge in [0.25, 0.3) is 0 Å². The average molecular weight is 226 g/mol. The molecule has 1 heterocycles. The maximum Gasteiger partial charge on any atom is 0.335 e. The van der Waals surface area contributed by atoms with Gasteiger partial charge in [-0.05, 0) is 41.5 Å². The molecule has 0 atom stereocenters. The lowest BCUT2D eigenvalue weighted by Crippen LogP contribution is -2.49. The lowest BCUT2D eigenvalue weighted by atomic mass is 10.1. The molecule has 0 unspecified atom stereocenters. The van der Waals surface area contributed by atoms with Gasteiger partial charge < -0.3 is 0 Å². The van der Waals surface area contributed by atoms with Gasteiger partial charge in [-0.25, -0.2) is 4.79 Å². The summed E-state index contributed by atoms with van der Waals surface area (Å²) in [7, 11) is 0. The molecule has 0 aliphatic carbocycles. The zero-order valence-corrected chi connectivity index (χ0v) is 10.6. The lowest BCUT2D eigenvalue weighted by molar-refractivity contribution is -0.146. The minimum Gasteiger partial charge on any atom is -0.263 e. The molecule has 1 aliphatic rings. The van der Waals surface area contributed by atoms with Crippen LogP contribution >= 0.6 is 0 Å².